The van der Waals surface area contributed by atoms with E-state index in [0.29, 0.717) is 69.6 Å². The Morgan fingerprint density at radius 3 is 2.62 bits per heavy atom. The second-order valence-electron chi connectivity index (χ2n) is 14.7. The van der Waals surface area contributed by atoms with Crippen molar-refractivity contribution in [2.45, 2.75) is 69.7 Å². The Bertz CT molecular complexity index is 2300. The zero-order valence-electron chi connectivity index (χ0n) is 29.0. The molecule has 0 unspecified atom stereocenters. The minimum atomic E-state index is -0.486. The molecule has 0 radical (unpaired) electrons. The molecular weight excluding hydrogens is 700 g/mol. The number of likely N-dealkylation sites (tertiary alicyclic amines) is 1. The maximum absolute atomic E-state index is 17.2. The van der Waals surface area contributed by atoms with Gasteiger partial charge in [-0.3, -0.25) is 4.79 Å². The fourth-order valence-corrected chi connectivity index (χ4v) is 9.36. The first-order chi connectivity index (χ1) is 25.3. The Labute approximate surface area is 311 Å². The van der Waals surface area contributed by atoms with Gasteiger partial charge in [0.2, 0.25) is 5.91 Å². The third kappa shape index (κ3) is 5.33. The molecule has 8 nitrogen and oxygen atoms in total. The van der Waals surface area contributed by atoms with Gasteiger partial charge >= 0.3 is 0 Å². The van der Waals surface area contributed by atoms with E-state index in [-0.39, 0.29) is 53.0 Å². The number of methoxy groups -OCH3 is 1. The number of pyridine rings is 1. The molecule has 1 N–H and O–H groups in total. The van der Waals surface area contributed by atoms with E-state index in [1.807, 2.05) is 42.2 Å². The molecule has 5 aromatic rings. The number of halogens is 3. The summed E-state index contributed by atoms with van der Waals surface area (Å²) in [5.74, 6) is 1.42. The van der Waals surface area contributed by atoms with Crippen LogP contribution in [-0.4, -0.2) is 52.7 Å². The summed E-state index contributed by atoms with van der Waals surface area (Å²) in [7, 11) is 1.63. The number of carbonyl (C=O) groups excluding carboxylic acids is 1. The van der Waals surface area contributed by atoms with Crippen LogP contribution in [0.2, 0.25) is 10.0 Å². The molecule has 5 fully saturated rings. The molecule has 11 heteroatoms. The van der Waals surface area contributed by atoms with Crippen LogP contribution in [0.15, 0.2) is 54.6 Å². The van der Waals surface area contributed by atoms with Crippen molar-refractivity contribution in [3.63, 3.8) is 0 Å². The first-order valence-corrected chi connectivity index (χ1v) is 18.8. The first-order valence-electron chi connectivity index (χ1n) is 18.1. The Hall–Kier alpha value is -4.36. The van der Waals surface area contributed by atoms with Gasteiger partial charge in [0.15, 0.2) is 17.3 Å². The van der Waals surface area contributed by atoms with Gasteiger partial charge in [-0.2, -0.15) is 5.26 Å². The van der Waals surface area contributed by atoms with Crippen molar-refractivity contribution in [2.24, 2.45) is 11.8 Å². The van der Waals surface area contributed by atoms with Gasteiger partial charge in [0.25, 0.3) is 0 Å². The number of benzene rings is 3. The number of fused-ring (bicyclic) bond motifs is 4. The number of nitrogens with zero attached hydrogens (tertiary/aromatic N) is 4. The van der Waals surface area contributed by atoms with Crippen LogP contribution < -0.4 is 14.8 Å². The van der Waals surface area contributed by atoms with E-state index in [4.69, 9.17) is 37.7 Å². The highest BCUT2D eigenvalue weighted by Gasteiger charge is 2.51. The van der Waals surface area contributed by atoms with Crippen LogP contribution >= 0.6 is 23.2 Å². The molecule has 52 heavy (non-hydrogen) atoms. The maximum Gasteiger partial charge on any atom is 0.226 e. The minimum Gasteiger partial charge on any atom is -0.493 e. The average molecular weight is 739 g/mol. The molecule has 2 aliphatic carbocycles. The number of nitriles is 1. The highest BCUT2D eigenvalue weighted by molar-refractivity contribution is 6.43. The molecule has 1 amide bonds. The van der Waals surface area contributed by atoms with E-state index in [1.165, 1.54) is 0 Å². The van der Waals surface area contributed by atoms with Crippen LogP contribution in [0.4, 0.5) is 4.39 Å². The maximum atomic E-state index is 17.2. The molecule has 2 aromatic heterocycles. The van der Waals surface area contributed by atoms with Gasteiger partial charge in [-0.25, -0.2) is 9.37 Å². The number of rotatable bonds is 9. The number of aromatic nitrogens is 2. The number of aryl methyl sites for hydroxylation is 2. The van der Waals surface area contributed by atoms with Crippen LogP contribution in [0.1, 0.15) is 61.1 Å². The molecular formula is C41H38Cl2FN5O3. The molecule has 2 saturated carbocycles. The third-order valence-corrected chi connectivity index (χ3v) is 12.4. The molecule has 5 aliphatic rings. The Balaban J connectivity index is 1.26. The minimum absolute atomic E-state index is 0.0321. The smallest absolute Gasteiger partial charge is 0.226 e. The van der Waals surface area contributed by atoms with Gasteiger partial charge < -0.3 is 24.3 Å². The van der Waals surface area contributed by atoms with E-state index < -0.39 is 5.82 Å². The molecule has 2 bridgehead atoms. The molecule has 5 heterocycles. The molecule has 10 rings (SSSR count). The van der Waals surface area contributed by atoms with Crippen LogP contribution in [0.5, 0.6) is 11.5 Å². The highest BCUT2D eigenvalue weighted by Crippen LogP contribution is 2.51. The Kier molecular flexibility index (Phi) is 8.33. The third-order valence-electron chi connectivity index (χ3n) is 11.6. The number of carbonyl (C=O) groups is 1. The van der Waals surface area contributed by atoms with E-state index in [1.54, 1.807) is 25.3 Å². The number of hydrogen-bond acceptors (Lipinski definition) is 6. The molecule has 3 aromatic carbocycles. The highest BCUT2D eigenvalue weighted by atomic mass is 35.5. The van der Waals surface area contributed by atoms with Crippen molar-refractivity contribution >= 4 is 50.9 Å². The molecule has 5 atom stereocenters. The van der Waals surface area contributed by atoms with E-state index in [9.17, 15) is 10.1 Å². The largest absolute Gasteiger partial charge is 0.493 e. The lowest BCUT2D eigenvalue weighted by Gasteiger charge is -2.39. The topological polar surface area (TPSA) is 92.4 Å². The van der Waals surface area contributed by atoms with Gasteiger partial charge in [0.05, 0.1) is 47.4 Å². The zero-order valence-corrected chi connectivity index (χ0v) is 30.5. The van der Waals surface area contributed by atoms with Crippen molar-refractivity contribution in [3.05, 3.63) is 87.4 Å². The van der Waals surface area contributed by atoms with Gasteiger partial charge in [-0.1, -0.05) is 47.5 Å². The monoisotopic (exact) mass is 737 g/mol. The van der Waals surface area contributed by atoms with Gasteiger partial charge in [-0.05, 0) is 74.4 Å². The van der Waals surface area contributed by atoms with Crippen molar-refractivity contribution in [1.82, 2.24) is 19.8 Å². The van der Waals surface area contributed by atoms with E-state index in [0.717, 1.165) is 42.4 Å². The summed E-state index contributed by atoms with van der Waals surface area (Å²) in [6.07, 6.45) is 3.76. The van der Waals surface area contributed by atoms with Crippen molar-refractivity contribution in [2.75, 3.05) is 20.2 Å². The predicted molar refractivity (Wildman–Crippen MR) is 199 cm³/mol. The summed E-state index contributed by atoms with van der Waals surface area (Å²) in [5, 5.41) is 15.5. The van der Waals surface area contributed by atoms with E-state index in [2.05, 4.69) is 22.0 Å². The Morgan fingerprint density at radius 1 is 1.10 bits per heavy atom. The quantitative estimate of drug-likeness (QED) is 0.163. The van der Waals surface area contributed by atoms with Gasteiger partial charge in [-0.15, -0.1) is 0 Å². The number of nitrogens with one attached hydrogen (secondary N) is 1. The first kappa shape index (κ1) is 33.5. The molecule has 266 valence electrons. The summed E-state index contributed by atoms with van der Waals surface area (Å²) in [6.45, 7) is 3.29. The summed E-state index contributed by atoms with van der Waals surface area (Å²) in [6, 6.07) is 19.4. The second kappa shape index (κ2) is 12.9. The Morgan fingerprint density at radius 2 is 1.90 bits per heavy atom. The lowest BCUT2D eigenvalue weighted by molar-refractivity contribution is -0.133. The van der Waals surface area contributed by atoms with Crippen molar-refractivity contribution < 1.29 is 18.7 Å². The number of para-hydroxylation sites is 2. The lowest BCUT2D eigenvalue weighted by Crippen LogP contribution is -2.41. The van der Waals surface area contributed by atoms with Crippen LogP contribution in [0, 0.1) is 35.9 Å². The number of amides is 1. The lowest BCUT2D eigenvalue weighted by atomic mass is 9.79. The summed E-state index contributed by atoms with van der Waals surface area (Å²) in [4.78, 5) is 21.0. The zero-order chi connectivity index (χ0) is 35.8. The molecule has 3 saturated heterocycles. The fraction of sp³-hybridized carbons (Fsp3) is 0.390. The van der Waals surface area contributed by atoms with Gasteiger partial charge in [0, 0.05) is 64.6 Å². The second-order valence-corrected chi connectivity index (χ2v) is 15.5. The number of hydrogen-bond donors (Lipinski definition) is 1. The van der Waals surface area contributed by atoms with Crippen LogP contribution in [0.25, 0.3) is 32.9 Å². The van der Waals surface area contributed by atoms with E-state index >= 15 is 4.39 Å². The normalized spacial score (nSPS) is 23.6. The van der Waals surface area contributed by atoms with Crippen LogP contribution in [-0.2, 0) is 11.2 Å². The fourth-order valence-electron chi connectivity index (χ4n) is 8.97. The summed E-state index contributed by atoms with van der Waals surface area (Å²) in [5.41, 5.74) is 4.35. The summed E-state index contributed by atoms with van der Waals surface area (Å²) < 4.78 is 31.8. The average Bonchev–Trinajstić information content (AvgIpc) is 3.43. The van der Waals surface area contributed by atoms with Crippen LogP contribution in [0.3, 0.4) is 0 Å². The SMILES string of the molecule is COc1ccccc1O[C@H]1C[C@H](c2cc3c(C)nc4c(F)c(-c5cccc(Cl)c5Cl)c(CCC#N)cc4c3n2[C@H]2[C@H]3CN[C@@H]2C3)N(C(=O)C2CC2)C1. The predicted octanol–water partition coefficient (Wildman–Crippen LogP) is 8.74. The standard InChI is InChI=1S/C41H38Cl2FN5O3/c1-21-27-18-32(31-17-25(20-48(31)41(50)22-12-13-22)52-34-11-4-3-10-33(34)51-2)49(39-24-16-30(39)46-19-24)40(27)28-15-23(7-6-14-45)35(37(44)38(28)47-21)26-8-5-9-29(42)36(26)43/h3-5,8-11,15,18,22,24-25,30-31,39,46H,6-7,12-13,16-17,19-20H2,1-2H3/t24-,25+,30-,31-,39+/m1/s1. The van der Waals surface area contributed by atoms with Gasteiger partial charge in [0.1, 0.15) is 11.6 Å². The van der Waals surface area contributed by atoms with Crippen molar-refractivity contribution in [1.29, 1.82) is 5.26 Å². The molecule has 0 spiro atoms. The van der Waals surface area contributed by atoms with Crippen molar-refractivity contribution in [3.8, 4) is 28.7 Å². The number of ether oxygens (including phenoxy) is 2. The molecule has 3 aliphatic heterocycles. The summed E-state index contributed by atoms with van der Waals surface area (Å²) >= 11 is 13.1.